The van der Waals surface area contributed by atoms with Crippen molar-refractivity contribution in [2.24, 2.45) is 0 Å². The molecule has 0 bridgehead atoms. The summed E-state index contributed by atoms with van der Waals surface area (Å²) in [6, 6.07) is 3.37. The molecule has 0 N–H and O–H groups in total. The van der Waals surface area contributed by atoms with Crippen LogP contribution in [0.25, 0.3) is 6.08 Å². The Kier molecular flexibility index (Phi) is 7.48. The first-order chi connectivity index (χ1) is 14.0. The molecule has 0 fully saturated rings. The van der Waals surface area contributed by atoms with Gasteiger partial charge in [0.05, 0.1) is 13.2 Å². The van der Waals surface area contributed by atoms with Crippen LogP contribution in [0.2, 0.25) is 0 Å². The number of nitrogens with zero attached hydrogens (tertiary/aromatic N) is 1. The minimum atomic E-state index is -4.86. The molecule has 1 aromatic rings. The van der Waals surface area contributed by atoms with Gasteiger partial charge in [0.1, 0.15) is 25.6 Å². The molecule has 1 heterocycles. The summed E-state index contributed by atoms with van der Waals surface area (Å²) in [6.07, 6.45) is -4.12. The average Bonchev–Trinajstić information content (AvgIpc) is 2.64. The molecule has 12 heteroatoms. The number of aryl methyl sites for hydroxylation is 2. The van der Waals surface area contributed by atoms with Crippen molar-refractivity contribution in [1.82, 2.24) is 0 Å². The number of fused-ring (bicyclic) bond motifs is 1. The summed E-state index contributed by atoms with van der Waals surface area (Å²) in [7, 11) is 0. The molecule has 0 aromatic heterocycles. The van der Waals surface area contributed by atoms with Gasteiger partial charge in [-0.2, -0.15) is 13.2 Å². The minimum absolute atomic E-state index is 0.0581. The lowest BCUT2D eigenvalue weighted by Crippen LogP contribution is -2.53. The van der Waals surface area contributed by atoms with Gasteiger partial charge in [-0.15, -0.1) is 10.1 Å². The molecule has 9 nitrogen and oxygen atoms in total. The maximum absolute atomic E-state index is 13.7. The van der Waals surface area contributed by atoms with Crippen LogP contribution in [0.4, 0.5) is 18.0 Å². The SMILES string of the molecule is Cc1cc(C)c2c(c1)C=CC(COC(=O)OCCOCCO[N+](=O)[O-])(C(F)(F)F)O2. The summed E-state index contributed by atoms with van der Waals surface area (Å²) in [4.78, 5) is 25.6. The van der Waals surface area contributed by atoms with Gasteiger partial charge in [0.2, 0.25) is 0 Å². The van der Waals surface area contributed by atoms with Crippen LogP contribution in [-0.2, 0) is 19.0 Å². The van der Waals surface area contributed by atoms with Crippen molar-refractivity contribution in [2.45, 2.75) is 25.6 Å². The average molecular weight is 435 g/mol. The summed E-state index contributed by atoms with van der Waals surface area (Å²) in [5, 5.41) is 8.94. The van der Waals surface area contributed by atoms with Gasteiger partial charge >= 0.3 is 12.3 Å². The fourth-order valence-corrected chi connectivity index (χ4v) is 2.67. The van der Waals surface area contributed by atoms with E-state index in [2.05, 4.69) is 14.3 Å². The van der Waals surface area contributed by atoms with Crippen LogP contribution < -0.4 is 4.74 Å². The molecule has 1 aliphatic heterocycles. The lowest BCUT2D eigenvalue weighted by Gasteiger charge is -2.36. The number of hydrogen-bond acceptors (Lipinski definition) is 8. The van der Waals surface area contributed by atoms with Crippen molar-refractivity contribution >= 4 is 12.2 Å². The van der Waals surface area contributed by atoms with E-state index in [0.717, 1.165) is 11.6 Å². The van der Waals surface area contributed by atoms with E-state index in [9.17, 15) is 28.1 Å². The Morgan fingerprint density at radius 3 is 2.53 bits per heavy atom. The maximum Gasteiger partial charge on any atom is 0.508 e. The maximum atomic E-state index is 13.7. The van der Waals surface area contributed by atoms with Gasteiger partial charge in [-0.25, -0.2) is 4.79 Å². The molecule has 1 atom stereocenters. The van der Waals surface area contributed by atoms with E-state index >= 15 is 0 Å². The first kappa shape index (κ1) is 23.3. The van der Waals surface area contributed by atoms with E-state index in [1.165, 1.54) is 6.08 Å². The number of benzene rings is 1. The molecular weight excluding hydrogens is 415 g/mol. The highest BCUT2D eigenvalue weighted by molar-refractivity contribution is 5.65. The van der Waals surface area contributed by atoms with Crippen LogP contribution in [0.5, 0.6) is 5.75 Å². The summed E-state index contributed by atoms with van der Waals surface area (Å²) < 4.78 is 60.6. The van der Waals surface area contributed by atoms with Crippen molar-refractivity contribution < 1.29 is 46.8 Å². The zero-order chi connectivity index (χ0) is 22.4. The summed E-state index contributed by atoms with van der Waals surface area (Å²) in [6.45, 7) is 1.37. The van der Waals surface area contributed by atoms with Crippen LogP contribution in [0.1, 0.15) is 16.7 Å². The van der Waals surface area contributed by atoms with Crippen LogP contribution in [0.15, 0.2) is 18.2 Å². The minimum Gasteiger partial charge on any atom is -0.469 e. The quantitative estimate of drug-likeness (QED) is 0.252. The Bertz CT molecular complexity index is 811. The molecule has 0 saturated heterocycles. The molecular formula is C18H20F3NO8. The normalized spacial score (nSPS) is 17.6. The van der Waals surface area contributed by atoms with E-state index in [1.54, 1.807) is 19.1 Å². The molecule has 166 valence electrons. The Labute approximate surface area is 169 Å². The molecule has 1 aromatic carbocycles. The first-order valence-corrected chi connectivity index (χ1v) is 8.75. The van der Waals surface area contributed by atoms with E-state index in [-0.39, 0.29) is 32.2 Å². The van der Waals surface area contributed by atoms with E-state index < -0.39 is 29.6 Å². The van der Waals surface area contributed by atoms with Gasteiger partial charge in [-0.3, -0.25) is 0 Å². The Morgan fingerprint density at radius 2 is 1.87 bits per heavy atom. The van der Waals surface area contributed by atoms with E-state index in [0.29, 0.717) is 11.1 Å². The Balaban J connectivity index is 1.89. The van der Waals surface area contributed by atoms with Gasteiger partial charge < -0.3 is 23.8 Å². The van der Waals surface area contributed by atoms with Crippen LogP contribution >= 0.6 is 0 Å². The van der Waals surface area contributed by atoms with Gasteiger partial charge in [0.25, 0.3) is 10.7 Å². The third kappa shape index (κ3) is 5.99. The topological polar surface area (TPSA) is 106 Å². The molecule has 0 spiro atoms. The number of rotatable bonds is 9. The first-order valence-electron chi connectivity index (χ1n) is 8.75. The summed E-state index contributed by atoms with van der Waals surface area (Å²) in [5.74, 6) is 0.0581. The smallest absolute Gasteiger partial charge is 0.469 e. The largest absolute Gasteiger partial charge is 0.508 e. The van der Waals surface area contributed by atoms with Crippen LogP contribution in [0.3, 0.4) is 0 Å². The van der Waals surface area contributed by atoms with Gasteiger partial charge in [-0.05, 0) is 31.6 Å². The molecule has 1 aliphatic rings. The second-order valence-electron chi connectivity index (χ2n) is 6.38. The number of carbonyl (C=O) groups is 1. The highest BCUT2D eigenvalue weighted by Gasteiger charge is 2.58. The second-order valence-corrected chi connectivity index (χ2v) is 6.38. The number of carbonyl (C=O) groups excluding carboxylic acids is 1. The molecule has 0 saturated carbocycles. The molecule has 0 amide bonds. The van der Waals surface area contributed by atoms with E-state index in [4.69, 9.17) is 9.47 Å². The summed E-state index contributed by atoms with van der Waals surface area (Å²) in [5.41, 5.74) is -0.974. The van der Waals surface area contributed by atoms with Crippen LogP contribution in [-0.4, -0.2) is 56.1 Å². The predicted octanol–water partition coefficient (Wildman–Crippen LogP) is 3.39. The third-order valence-corrected chi connectivity index (χ3v) is 4.02. The molecule has 1 unspecified atom stereocenters. The lowest BCUT2D eigenvalue weighted by molar-refractivity contribution is -0.758. The van der Waals surface area contributed by atoms with Gasteiger partial charge in [0.15, 0.2) is 0 Å². The highest BCUT2D eigenvalue weighted by atomic mass is 19.4. The predicted molar refractivity (Wildman–Crippen MR) is 95.4 cm³/mol. The monoisotopic (exact) mass is 435 g/mol. The van der Waals surface area contributed by atoms with Crippen molar-refractivity contribution in [3.63, 3.8) is 0 Å². The zero-order valence-corrected chi connectivity index (χ0v) is 16.2. The number of halogens is 3. The van der Waals surface area contributed by atoms with Gasteiger partial charge in [-0.1, -0.05) is 17.7 Å². The molecule has 0 radical (unpaired) electrons. The molecule has 30 heavy (non-hydrogen) atoms. The van der Waals surface area contributed by atoms with E-state index in [1.807, 2.05) is 6.92 Å². The second kappa shape index (κ2) is 9.65. The third-order valence-electron chi connectivity index (χ3n) is 4.02. The van der Waals surface area contributed by atoms with Crippen molar-refractivity contribution in [3.05, 3.63) is 45.0 Å². The Hall–Kier alpha value is -3.02. The standard InChI is InChI=1S/C18H20F3NO8/c1-12-9-13(2)15-14(10-12)3-4-17(30-15,18(19,20)21)11-28-16(23)27-7-5-26-6-8-29-22(24)25/h3-4,9-10H,5-8,11H2,1-2H3. The number of alkyl halides is 3. The Morgan fingerprint density at radius 1 is 1.17 bits per heavy atom. The lowest BCUT2D eigenvalue weighted by atomic mass is 9.95. The summed E-state index contributed by atoms with van der Waals surface area (Å²) >= 11 is 0. The fourth-order valence-electron chi connectivity index (χ4n) is 2.67. The zero-order valence-electron chi connectivity index (χ0n) is 16.2. The number of hydrogen-bond donors (Lipinski definition) is 0. The van der Waals surface area contributed by atoms with Crippen molar-refractivity contribution in [2.75, 3.05) is 33.0 Å². The highest BCUT2D eigenvalue weighted by Crippen LogP contribution is 2.43. The number of ether oxygens (including phenoxy) is 4. The van der Waals surface area contributed by atoms with Gasteiger partial charge in [0, 0.05) is 5.56 Å². The molecule has 0 aliphatic carbocycles. The van der Waals surface area contributed by atoms with Crippen molar-refractivity contribution in [3.8, 4) is 5.75 Å². The fraction of sp³-hybridized carbons (Fsp3) is 0.500. The molecule has 2 rings (SSSR count). The van der Waals surface area contributed by atoms with Crippen molar-refractivity contribution in [1.29, 1.82) is 0 Å². The van der Waals surface area contributed by atoms with Crippen LogP contribution in [0, 0.1) is 24.0 Å².